The summed E-state index contributed by atoms with van der Waals surface area (Å²) in [6.07, 6.45) is 3.44. The molecule has 124 valence electrons. The van der Waals surface area contributed by atoms with Gasteiger partial charge in [-0.1, -0.05) is 39.0 Å². The van der Waals surface area contributed by atoms with Crippen molar-refractivity contribution in [2.24, 2.45) is 0 Å². The molecule has 0 saturated carbocycles. The summed E-state index contributed by atoms with van der Waals surface area (Å²) in [5, 5.41) is 10.8. The smallest absolute Gasteiger partial charge is 0.223 e. The number of aromatic nitrogens is 4. The van der Waals surface area contributed by atoms with E-state index in [9.17, 15) is 0 Å². The van der Waals surface area contributed by atoms with Gasteiger partial charge in [-0.2, -0.15) is 5.10 Å². The Morgan fingerprint density at radius 2 is 1.79 bits per heavy atom. The second-order valence-corrected chi connectivity index (χ2v) is 6.98. The lowest BCUT2D eigenvalue weighted by Crippen LogP contribution is -2.10. The third kappa shape index (κ3) is 3.62. The number of nitrogens with zero attached hydrogens (tertiary/aromatic N) is 3. The Balaban J connectivity index is 1.80. The van der Waals surface area contributed by atoms with Crippen molar-refractivity contribution in [2.45, 2.75) is 39.2 Å². The quantitative estimate of drug-likeness (QED) is 0.750. The van der Waals surface area contributed by atoms with Gasteiger partial charge in [0, 0.05) is 18.0 Å². The van der Waals surface area contributed by atoms with Gasteiger partial charge in [0.1, 0.15) is 0 Å². The van der Waals surface area contributed by atoms with Crippen molar-refractivity contribution < 1.29 is 0 Å². The highest BCUT2D eigenvalue weighted by Gasteiger charge is 2.16. The first-order valence-corrected chi connectivity index (χ1v) is 8.13. The van der Waals surface area contributed by atoms with E-state index < -0.39 is 0 Å². The van der Waals surface area contributed by atoms with Gasteiger partial charge in [-0.3, -0.25) is 5.10 Å². The third-order valence-corrected chi connectivity index (χ3v) is 4.00. The van der Waals surface area contributed by atoms with E-state index >= 15 is 0 Å². The SMILES string of the molecule is C[C@H](Nc1ncccn1)c1cc(-c2cccc(C(C)(C)C)c2)n[nH]1. The molecule has 0 unspecified atom stereocenters. The van der Waals surface area contributed by atoms with Crippen molar-refractivity contribution in [1.29, 1.82) is 0 Å². The molecule has 0 bridgehead atoms. The molecule has 3 aromatic rings. The summed E-state index contributed by atoms with van der Waals surface area (Å²) in [7, 11) is 0. The van der Waals surface area contributed by atoms with Crippen molar-refractivity contribution in [3.63, 3.8) is 0 Å². The van der Waals surface area contributed by atoms with Gasteiger partial charge in [0.25, 0.3) is 0 Å². The zero-order valence-electron chi connectivity index (χ0n) is 14.5. The molecule has 0 spiro atoms. The summed E-state index contributed by atoms with van der Waals surface area (Å²) in [4.78, 5) is 8.38. The van der Waals surface area contributed by atoms with Crippen LogP contribution in [-0.4, -0.2) is 20.2 Å². The maximum atomic E-state index is 4.47. The highest BCUT2D eigenvalue weighted by Crippen LogP contribution is 2.28. The topological polar surface area (TPSA) is 66.5 Å². The normalized spacial score (nSPS) is 12.8. The lowest BCUT2D eigenvalue weighted by atomic mass is 9.86. The fourth-order valence-corrected chi connectivity index (χ4v) is 2.50. The highest BCUT2D eigenvalue weighted by molar-refractivity contribution is 5.61. The summed E-state index contributed by atoms with van der Waals surface area (Å²) < 4.78 is 0. The van der Waals surface area contributed by atoms with Crippen LogP contribution in [0.2, 0.25) is 0 Å². The van der Waals surface area contributed by atoms with Crippen LogP contribution >= 0.6 is 0 Å². The van der Waals surface area contributed by atoms with Gasteiger partial charge in [0.2, 0.25) is 5.95 Å². The van der Waals surface area contributed by atoms with Crippen LogP contribution in [-0.2, 0) is 5.41 Å². The number of nitrogens with one attached hydrogen (secondary N) is 2. The van der Waals surface area contributed by atoms with Gasteiger partial charge < -0.3 is 5.32 Å². The van der Waals surface area contributed by atoms with E-state index in [0.29, 0.717) is 5.95 Å². The zero-order valence-corrected chi connectivity index (χ0v) is 14.5. The molecule has 5 nitrogen and oxygen atoms in total. The summed E-state index contributed by atoms with van der Waals surface area (Å²) >= 11 is 0. The first-order valence-electron chi connectivity index (χ1n) is 8.13. The van der Waals surface area contributed by atoms with Gasteiger partial charge >= 0.3 is 0 Å². The van der Waals surface area contributed by atoms with E-state index in [1.807, 2.05) is 0 Å². The summed E-state index contributed by atoms with van der Waals surface area (Å²) in [6.45, 7) is 8.70. The van der Waals surface area contributed by atoms with Gasteiger partial charge in [-0.15, -0.1) is 0 Å². The Hall–Kier alpha value is -2.69. The minimum atomic E-state index is 0.0412. The molecule has 0 amide bonds. The third-order valence-electron chi connectivity index (χ3n) is 4.00. The average Bonchev–Trinajstić information content (AvgIpc) is 3.05. The van der Waals surface area contributed by atoms with Crippen molar-refractivity contribution in [3.05, 3.63) is 60.0 Å². The van der Waals surface area contributed by atoms with Crippen molar-refractivity contribution >= 4 is 5.95 Å². The van der Waals surface area contributed by atoms with Gasteiger partial charge in [0.15, 0.2) is 0 Å². The van der Waals surface area contributed by atoms with Crippen molar-refractivity contribution in [2.75, 3.05) is 5.32 Å². The standard InChI is InChI=1S/C19H23N5/c1-13(22-18-20-9-6-10-21-18)16-12-17(24-23-16)14-7-5-8-15(11-14)19(2,3)4/h5-13H,1-4H3,(H,23,24)(H,20,21,22)/t13-/m0/s1. The molecule has 1 atom stereocenters. The predicted molar refractivity (Wildman–Crippen MR) is 96.8 cm³/mol. The summed E-state index contributed by atoms with van der Waals surface area (Å²) in [5.41, 5.74) is 4.48. The van der Waals surface area contributed by atoms with Gasteiger partial charge in [-0.05, 0) is 36.1 Å². The maximum Gasteiger partial charge on any atom is 0.223 e. The van der Waals surface area contributed by atoms with Crippen LogP contribution < -0.4 is 5.32 Å². The zero-order chi connectivity index (χ0) is 17.2. The van der Waals surface area contributed by atoms with Crippen LogP contribution in [0.3, 0.4) is 0 Å². The fraction of sp³-hybridized carbons (Fsp3) is 0.316. The van der Waals surface area contributed by atoms with Crippen molar-refractivity contribution in [1.82, 2.24) is 20.2 Å². The van der Waals surface area contributed by atoms with Crippen LogP contribution in [0, 0.1) is 0 Å². The van der Waals surface area contributed by atoms with Crippen LogP contribution in [0.25, 0.3) is 11.3 Å². The van der Waals surface area contributed by atoms with Crippen LogP contribution in [0.4, 0.5) is 5.95 Å². The predicted octanol–water partition coefficient (Wildman–Crippen LogP) is 4.34. The number of benzene rings is 1. The van der Waals surface area contributed by atoms with Gasteiger partial charge in [-0.25, -0.2) is 9.97 Å². The van der Waals surface area contributed by atoms with E-state index in [1.54, 1.807) is 18.5 Å². The molecule has 0 radical (unpaired) electrons. The molecule has 5 heteroatoms. The number of rotatable bonds is 4. The van der Waals surface area contributed by atoms with Crippen LogP contribution in [0.1, 0.15) is 45.0 Å². The second-order valence-electron chi connectivity index (χ2n) is 6.98. The molecule has 0 saturated heterocycles. The average molecular weight is 321 g/mol. The molecule has 0 aliphatic rings. The van der Waals surface area contributed by atoms with E-state index in [1.165, 1.54) is 5.56 Å². The molecule has 0 aliphatic heterocycles. The minimum Gasteiger partial charge on any atom is -0.346 e. The Kier molecular flexibility index (Phi) is 4.34. The lowest BCUT2D eigenvalue weighted by Gasteiger charge is -2.19. The maximum absolute atomic E-state index is 4.47. The number of anilines is 1. The van der Waals surface area contributed by atoms with Crippen LogP contribution in [0.5, 0.6) is 0 Å². The summed E-state index contributed by atoms with van der Waals surface area (Å²) in [5.74, 6) is 0.607. The lowest BCUT2D eigenvalue weighted by molar-refractivity contribution is 0.590. The Bertz CT molecular complexity index is 802. The number of hydrogen-bond donors (Lipinski definition) is 2. The van der Waals surface area contributed by atoms with E-state index in [4.69, 9.17) is 0 Å². The molecule has 24 heavy (non-hydrogen) atoms. The molecule has 3 rings (SSSR count). The summed E-state index contributed by atoms with van der Waals surface area (Å²) in [6, 6.07) is 12.5. The van der Waals surface area contributed by atoms with Crippen molar-refractivity contribution in [3.8, 4) is 11.3 Å². The Labute approximate surface area is 142 Å². The van der Waals surface area contributed by atoms with Crippen LogP contribution in [0.15, 0.2) is 48.8 Å². The van der Waals surface area contributed by atoms with E-state index in [-0.39, 0.29) is 11.5 Å². The fourth-order valence-electron chi connectivity index (χ4n) is 2.50. The first kappa shape index (κ1) is 16.2. The number of hydrogen-bond acceptors (Lipinski definition) is 4. The minimum absolute atomic E-state index is 0.0412. The monoisotopic (exact) mass is 321 g/mol. The second kappa shape index (κ2) is 6.43. The molecule has 2 N–H and O–H groups in total. The van der Waals surface area contributed by atoms with E-state index in [0.717, 1.165) is 17.0 Å². The molecular formula is C19H23N5. The Morgan fingerprint density at radius 1 is 1.04 bits per heavy atom. The molecule has 1 aromatic carbocycles. The molecule has 2 aromatic heterocycles. The highest BCUT2D eigenvalue weighted by atomic mass is 15.2. The number of aromatic amines is 1. The molecule has 0 fully saturated rings. The Morgan fingerprint density at radius 3 is 2.50 bits per heavy atom. The van der Waals surface area contributed by atoms with Gasteiger partial charge in [0.05, 0.1) is 17.4 Å². The molecule has 2 heterocycles. The van der Waals surface area contributed by atoms with E-state index in [2.05, 4.69) is 83.5 Å². The number of H-pyrrole nitrogens is 1. The first-order chi connectivity index (χ1) is 11.4. The molecular weight excluding hydrogens is 298 g/mol. The largest absolute Gasteiger partial charge is 0.346 e. The molecule has 0 aliphatic carbocycles.